The molecule has 0 aliphatic carbocycles. The highest BCUT2D eigenvalue weighted by molar-refractivity contribution is 6.11. The number of hydrogen-bond donors (Lipinski definition) is 0. The Hall–Kier alpha value is -6.65. The first-order valence-corrected chi connectivity index (χ1v) is 16.5. The van der Waals surface area contributed by atoms with E-state index in [1.54, 1.807) is 6.20 Å². The number of pyridine rings is 1. The van der Waals surface area contributed by atoms with Gasteiger partial charge in [0.1, 0.15) is 5.58 Å². The third kappa shape index (κ3) is 4.49. The highest BCUT2D eigenvalue weighted by Crippen LogP contribution is 2.42. The summed E-state index contributed by atoms with van der Waals surface area (Å²) in [4.78, 5) is 6.61. The van der Waals surface area contributed by atoms with Crippen molar-refractivity contribution in [3.63, 3.8) is 0 Å². The summed E-state index contributed by atoms with van der Waals surface area (Å²) in [6, 6.07) is 58.6. The van der Waals surface area contributed by atoms with Crippen LogP contribution in [0.4, 0.5) is 17.1 Å². The quantitative estimate of drug-likeness (QED) is 0.190. The molecule has 49 heavy (non-hydrogen) atoms. The van der Waals surface area contributed by atoms with Crippen LogP contribution in [0, 0.1) is 0 Å². The molecule has 10 aromatic rings. The van der Waals surface area contributed by atoms with Crippen molar-refractivity contribution in [1.29, 1.82) is 0 Å². The molecule has 3 heterocycles. The molecular weight excluding hydrogens is 599 g/mol. The Labute approximate surface area is 282 Å². The smallest absolute Gasteiger partial charge is 0.153 e. The second-order valence-corrected chi connectivity index (χ2v) is 12.5. The summed E-state index contributed by atoms with van der Waals surface area (Å²) in [5, 5.41) is 7.08. The maximum absolute atomic E-state index is 6.32. The van der Waals surface area contributed by atoms with Crippen LogP contribution in [0.25, 0.3) is 71.3 Å². The van der Waals surface area contributed by atoms with Gasteiger partial charge in [0.25, 0.3) is 0 Å². The predicted molar refractivity (Wildman–Crippen MR) is 203 cm³/mol. The van der Waals surface area contributed by atoms with Gasteiger partial charge in [-0.3, -0.25) is 4.98 Å². The van der Waals surface area contributed by atoms with Crippen molar-refractivity contribution in [2.45, 2.75) is 0 Å². The van der Waals surface area contributed by atoms with E-state index in [0.29, 0.717) is 0 Å². The molecule has 10 rings (SSSR count). The Morgan fingerprint density at radius 2 is 1.12 bits per heavy atom. The van der Waals surface area contributed by atoms with Gasteiger partial charge in [0.05, 0.1) is 17.2 Å². The van der Waals surface area contributed by atoms with Crippen molar-refractivity contribution in [3.8, 4) is 16.8 Å². The zero-order valence-electron chi connectivity index (χ0n) is 26.5. The van der Waals surface area contributed by atoms with Gasteiger partial charge < -0.3 is 13.9 Å². The van der Waals surface area contributed by atoms with Crippen LogP contribution in [0.5, 0.6) is 0 Å². The number of aromatic nitrogens is 2. The van der Waals surface area contributed by atoms with E-state index in [2.05, 4.69) is 172 Å². The lowest BCUT2D eigenvalue weighted by molar-refractivity contribution is 0.667. The Bertz CT molecular complexity index is 2830. The van der Waals surface area contributed by atoms with Crippen molar-refractivity contribution < 1.29 is 4.42 Å². The summed E-state index contributed by atoms with van der Waals surface area (Å²) in [7, 11) is 0. The molecule has 230 valence electrons. The van der Waals surface area contributed by atoms with Crippen molar-refractivity contribution in [2.75, 3.05) is 4.90 Å². The SMILES string of the molecule is c1ccc(-n2c3ccccc3c3ccc(N(c4ccc(-c5ccc6ccccc6c5)cc4)c4ccc5c(c4)oc4cnccc45)cc32)cc1. The van der Waals surface area contributed by atoms with Crippen LogP contribution in [0.15, 0.2) is 181 Å². The van der Waals surface area contributed by atoms with E-state index in [4.69, 9.17) is 4.42 Å². The Morgan fingerprint density at radius 3 is 2.00 bits per heavy atom. The van der Waals surface area contributed by atoms with Crippen molar-refractivity contribution in [1.82, 2.24) is 9.55 Å². The molecule has 0 radical (unpaired) electrons. The molecule has 0 aliphatic heterocycles. The Balaban J connectivity index is 1.17. The third-order valence-corrected chi connectivity index (χ3v) is 9.66. The third-order valence-electron chi connectivity index (χ3n) is 9.66. The van der Waals surface area contributed by atoms with Crippen LogP contribution in [0.2, 0.25) is 0 Å². The molecule has 0 amide bonds. The van der Waals surface area contributed by atoms with Gasteiger partial charge in [0, 0.05) is 56.6 Å². The van der Waals surface area contributed by atoms with E-state index in [1.807, 2.05) is 12.3 Å². The molecule has 0 bridgehead atoms. The fourth-order valence-electron chi connectivity index (χ4n) is 7.33. The number of anilines is 3. The van der Waals surface area contributed by atoms with Gasteiger partial charge >= 0.3 is 0 Å². The summed E-state index contributed by atoms with van der Waals surface area (Å²) in [6.07, 6.45) is 3.60. The molecule has 0 saturated carbocycles. The van der Waals surface area contributed by atoms with E-state index < -0.39 is 0 Å². The van der Waals surface area contributed by atoms with Crippen LogP contribution in [-0.4, -0.2) is 9.55 Å². The maximum atomic E-state index is 6.32. The Kier molecular flexibility index (Phi) is 6.15. The molecule has 4 nitrogen and oxygen atoms in total. The highest BCUT2D eigenvalue weighted by atomic mass is 16.3. The zero-order valence-corrected chi connectivity index (χ0v) is 26.5. The van der Waals surface area contributed by atoms with Crippen molar-refractivity contribution >= 4 is 71.6 Å². The lowest BCUT2D eigenvalue weighted by Crippen LogP contribution is -2.10. The van der Waals surface area contributed by atoms with Crippen LogP contribution in [0.1, 0.15) is 0 Å². The minimum absolute atomic E-state index is 0.787. The van der Waals surface area contributed by atoms with Gasteiger partial charge in [-0.1, -0.05) is 91.0 Å². The summed E-state index contributed by atoms with van der Waals surface area (Å²) in [6.45, 7) is 0. The van der Waals surface area contributed by atoms with E-state index >= 15 is 0 Å². The number of furan rings is 1. The largest absolute Gasteiger partial charge is 0.454 e. The number of rotatable bonds is 5. The number of nitrogens with zero attached hydrogens (tertiary/aromatic N) is 3. The van der Waals surface area contributed by atoms with Crippen LogP contribution in [-0.2, 0) is 0 Å². The molecule has 0 unspecified atom stereocenters. The van der Waals surface area contributed by atoms with E-state index in [-0.39, 0.29) is 0 Å². The second-order valence-electron chi connectivity index (χ2n) is 12.5. The first-order valence-electron chi connectivity index (χ1n) is 16.5. The molecule has 7 aromatic carbocycles. The maximum Gasteiger partial charge on any atom is 0.153 e. The molecule has 0 aliphatic rings. The highest BCUT2D eigenvalue weighted by Gasteiger charge is 2.19. The van der Waals surface area contributed by atoms with Crippen molar-refractivity contribution in [2.24, 2.45) is 0 Å². The molecule has 0 spiro atoms. The first-order chi connectivity index (χ1) is 24.3. The normalized spacial score (nSPS) is 11.7. The average Bonchev–Trinajstić information content (AvgIpc) is 3.70. The monoisotopic (exact) mass is 627 g/mol. The number of fused-ring (bicyclic) bond motifs is 7. The van der Waals surface area contributed by atoms with Gasteiger partial charge in [-0.25, -0.2) is 0 Å². The second kappa shape index (κ2) is 11.0. The Morgan fingerprint density at radius 1 is 0.449 bits per heavy atom. The molecule has 4 heteroatoms. The van der Waals surface area contributed by atoms with Crippen LogP contribution >= 0.6 is 0 Å². The minimum atomic E-state index is 0.787. The van der Waals surface area contributed by atoms with Gasteiger partial charge in [0.15, 0.2) is 5.58 Å². The molecule has 0 fully saturated rings. The number of benzene rings is 7. The number of hydrogen-bond acceptors (Lipinski definition) is 3. The van der Waals surface area contributed by atoms with E-state index in [1.165, 1.54) is 38.2 Å². The molecule has 3 aromatic heterocycles. The first kappa shape index (κ1) is 27.5. The predicted octanol–water partition coefficient (Wildman–Crippen LogP) is 12.4. The van der Waals surface area contributed by atoms with Crippen LogP contribution < -0.4 is 4.90 Å². The fraction of sp³-hybridized carbons (Fsp3) is 0. The molecule has 0 saturated heterocycles. The minimum Gasteiger partial charge on any atom is -0.454 e. The van der Waals surface area contributed by atoms with Crippen LogP contribution in [0.3, 0.4) is 0 Å². The van der Waals surface area contributed by atoms with Crippen molar-refractivity contribution in [3.05, 3.63) is 176 Å². The van der Waals surface area contributed by atoms with Gasteiger partial charge in [0.2, 0.25) is 0 Å². The average molecular weight is 628 g/mol. The molecular formula is C45H29N3O. The zero-order chi connectivity index (χ0) is 32.3. The van der Waals surface area contributed by atoms with Gasteiger partial charge in [-0.2, -0.15) is 0 Å². The standard InChI is InChI=1S/C45H29N3O/c1-2-10-34(11-3-1)48-42-13-7-6-12-38(42)39-22-20-36(27-43(39)48)47(37-21-23-40-41-24-25-46-29-45(41)49-44(40)28-37)35-18-16-31(17-19-35)33-15-14-30-8-4-5-9-32(30)26-33/h1-29H. The van der Waals surface area contributed by atoms with Gasteiger partial charge in [-0.05, 0) is 88.6 Å². The summed E-state index contributed by atoms with van der Waals surface area (Å²) < 4.78 is 8.69. The summed E-state index contributed by atoms with van der Waals surface area (Å²) in [5.74, 6) is 0. The molecule has 0 atom stereocenters. The number of para-hydroxylation sites is 2. The topological polar surface area (TPSA) is 34.2 Å². The van der Waals surface area contributed by atoms with Gasteiger partial charge in [-0.15, -0.1) is 0 Å². The summed E-state index contributed by atoms with van der Waals surface area (Å²) >= 11 is 0. The van der Waals surface area contributed by atoms with E-state index in [9.17, 15) is 0 Å². The molecule has 0 N–H and O–H groups in total. The summed E-state index contributed by atoms with van der Waals surface area (Å²) in [5.41, 5.74) is 10.6. The van der Waals surface area contributed by atoms with E-state index in [0.717, 1.165) is 50.2 Å². The lowest BCUT2D eigenvalue weighted by Gasteiger charge is -2.26. The lowest BCUT2D eigenvalue weighted by atomic mass is 10.0. The fourth-order valence-corrected chi connectivity index (χ4v) is 7.33.